The zero-order valence-electron chi connectivity index (χ0n) is 20.3. The Hall–Kier alpha value is -3.01. The molecule has 0 radical (unpaired) electrons. The number of hydrogen-bond donors (Lipinski definition) is 1. The molecule has 0 unspecified atom stereocenters. The summed E-state index contributed by atoms with van der Waals surface area (Å²) in [7, 11) is 1.66. The maximum absolute atomic E-state index is 13.3. The predicted molar refractivity (Wildman–Crippen MR) is 123 cm³/mol. The summed E-state index contributed by atoms with van der Waals surface area (Å²) >= 11 is 0. The number of Topliss-reactive ketones (excluding diaryl/α,β-unsaturated/α-hetero) is 1. The van der Waals surface area contributed by atoms with Crippen LogP contribution in [0.2, 0.25) is 0 Å². The summed E-state index contributed by atoms with van der Waals surface area (Å²) < 4.78 is 13.2. The lowest BCUT2D eigenvalue weighted by atomic mass is 10.00. The molecule has 0 aliphatic carbocycles. The van der Waals surface area contributed by atoms with Gasteiger partial charge < -0.3 is 19.9 Å². The molecular formula is C24H34FN5O4. The minimum atomic E-state index is -0.789. The molecule has 0 saturated carbocycles. The molecule has 4 amide bonds. The molecule has 1 aromatic carbocycles. The molecule has 1 N–H and O–H groups in total. The summed E-state index contributed by atoms with van der Waals surface area (Å²) in [6.07, 6.45) is 0.514. The fourth-order valence-electron chi connectivity index (χ4n) is 4.40. The van der Waals surface area contributed by atoms with Gasteiger partial charge in [-0.2, -0.15) is 0 Å². The Kier molecular flexibility index (Phi) is 8.24. The fraction of sp³-hybridized carbons (Fsp3) is 0.583. The number of carbonyl (C=O) groups excluding carboxylic acids is 4. The van der Waals surface area contributed by atoms with Crippen LogP contribution in [0.25, 0.3) is 0 Å². The molecule has 34 heavy (non-hydrogen) atoms. The van der Waals surface area contributed by atoms with E-state index in [4.69, 9.17) is 0 Å². The van der Waals surface area contributed by atoms with Crippen molar-refractivity contribution in [3.8, 4) is 0 Å². The molecule has 2 aliphatic heterocycles. The van der Waals surface area contributed by atoms with Gasteiger partial charge in [0.2, 0.25) is 11.8 Å². The van der Waals surface area contributed by atoms with E-state index in [1.54, 1.807) is 29.1 Å². The number of hydrazine groups is 1. The van der Waals surface area contributed by atoms with Crippen LogP contribution in [-0.2, 0) is 20.9 Å². The third kappa shape index (κ3) is 5.91. The van der Waals surface area contributed by atoms with Crippen molar-refractivity contribution in [3.63, 3.8) is 0 Å². The van der Waals surface area contributed by atoms with Gasteiger partial charge >= 0.3 is 6.03 Å². The molecule has 1 aromatic rings. The largest absolute Gasteiger partial charge is 0.337 e. The minimum absolute atomic E-state index is 0.0564. The predicted octanol–water partition coefficient (Wildman–Crippen LogP) is 1.98. The normalized spacial score (nSPS) is 21.2. The number of urea groups is 1. The molecule has 2 atom stereocenters. The van der Waals surface area contributed by atoms with Gasteiger partial charge in [0, 0.05) is 26.6 Å². The second kappa shape index (κ2) is 10.9. The number of benzene rings is 1. The Bertz CT molecular complexity index is 922. The van der Waals surface area contributed by atoms with Crippen LogP contribution in [-0.4, -0.2) is 82.3 Å². The van der Waals surface area contributed by atoms with Crippen LogP contribution in [0.4, 0.5) is 9.18 Å². The third-order valence-electron chi connectivity index (χ3n) is 6.25. The van der Waals surface area contributed by atoms with Crippen molar-refractivity contribution < 1.29 is 23.6 Å². The number of carbonyl (C=O) groups is 4. The van der Waals surface area contributed by atoms with Gasteiger partial charge in [0.1, 0.15) is 23.8 Å². The fourth-order valence-corrected chi connectivity index (χ4v) is 4.40. The Morgan fingerprint density at radius 1 is 1.18 bits per heavy atom. The molecule has 186 valence electrons. The van der Waals surface area contributed by atoms with Crippen LogP contribution in [0.1, 0.15) is 45.6 Å². The molecule has 0 bridgehead atoms. The first-order valence-electron chi connectivity index (χ1n) is 11.7. The van der Waals surface area contributed by atoms with Crippen LogP contribution in [0.5, 0.6) is 0 Å². The van der Waals surface area contributed by atoms with E-state index in [9.17, 15) is 23.6 Å². The number of likely N-dealkylation sites (N-methyl/N-ethyl adjacent to an activating group) is 1. The Balaban J connectivity index is 1.84. The molecule has 2 aliphatic rings. The number of rotatable bonds is 8. The van der Waals surface area contributed by atoms with Crippen molar-refractivity contribution in [1.29, 1.82) is 0 Å². The number of piperazine rings is 1. The maximum atomic E-state index is 13.3. The Morgan fingerprint density at radius 3 is 2.47 bits per heavy atom. The minimum Gasteiger partial charge on any atom is -0.337 e. The van der Waals surface area contributed by atoms with Crippen LogP contribution < -0.4 is 5.32 Å². The van der Waals surface area contributed by atoms with Gasteiger partial charge in [0.05, 0.1) is 13.1 Å². The SMILES string of the molecule is CC(=O)CC[C@H]1C(=O)N(CCC(C)C)C[C@H]2N1C(=O)CN(C)N2C(=O)NCc1ccc(F)cc1. The van der Waals surface area contributed by atoms with Gasteiger partial charge in [-0.25, -0.2) is 19.2 Å². The maximum Gasteiger partial charge on any atom is 0.334 e. The van der Waals surface area contributed by atoms with Gasteiger partial charge in [-0.05, 0) is 43.4 Å². The van der Waals surface area contributed by atoms with E-state index in [-0.39, 0.29) is 55.9 Å². The topological polar surface area (TPSA) is 93.3 Å². The van der Waals surface area contributed by atoms with Crippen molar-refractivity contribution in [2.75, 3.05) is 26.7 Å². The van der Waals surface area contributed by atoms with Gasteiger partial charge in [0.25, 0.3) is 0 Å². The number of amides is 4. The summed E-state index contributed by atoms with van der Waals surface area (Å²) in [4.78, 5) is 54.4. The highest BCUT2D eigenvalue weighted by Crippen LogP contribution is 2.28. The number of nitrogens with one attached hydrogen (secondary N) is 1. The van der Waals surface area contributed by atoms with E-state index < -0.39 is 18.2 Å². The molecule has 2 fully saturated rings. The molecule has 2 heterocycles. The molecule has 2 saturated heterocycles. The van der Waals surface area contributed by atoms with Crippen LogP contribution in [0.15, 0.2) is 24.3 Å². The highest BCUT2D eigenvalue weighted by molar-refractivity contribution is 5.92. The van der Waals surface area contributed by atoms with E-state index in [0.29, 0.717) is 12.5 Å². The van der Waals surface area contributed by atoms with Gasteiger partial charge in [-0.15, -0.1) is 0 Å². The first kappa shape index (κ1) is 25.6. The number of fused-ring (bicyclic) bond motifs is 1. The summed E-state index contributed by atoms with van der Waals surface area (Å²) in [5, 5.41) is 5.87. The van der Waals surface area contributed by atoms with Gasteiger partial charge in [-0.1, -0.05) is 26.0 Å². The van der Waals surface area contributed by atoms with Gasteiger partial charge in [0.15, 0.2) is 0 Å². The van der Waals surface area contributed by atoms with E-state index in [0.717, 1.165) is 12.0 Å². The van der Waals surface area contributed by atoms with Crippen LogP contribution in [0.3, 0.4) is 0 Å². The molecule has 9 nitrogen and oxygen atoms in total. The van der Waals surface area contributed by atoms with Crippen molar-refractivity contribution >= 4 is 23.6 Å². The molecule has 0 spiro atoms. The summed E-state index contributed by atoms with van der Waals surface area (Å²) in [5.74, 6) is -0.459. The average Bonchev–Trinajstić information content (AvgIpc) is 2.76. The Morgan fingerprint density at radius 2 is 1.85 bits per heavy atom. The monoisotopic (exact) mass is 475 g/mol. The van der Waals surface area contributed by atoms with Crippen LogP contribution in [0, 0.1) is 11.7 Å². The first-order chi connectivity index (χ1) is 16.1. The van der Waals surface area contributed by atoms with Crippen molar-refractivity contribution in [3.05, 3.63) is 35.6 Å². The lowest BCUT2D eigenvalue weighted by Gasteiger charge is -2.54. The number of ketones is 1. The van der Waals surface area contributed by atoms with Crippen LogP contribution >= 0.6 is 0 Å². The zero-order chi connectivity index (χ0) is 25.0. The van der Waals surface area contributed by atoms with E-state index in [2.05, 4.69) is 19.2 Å². The van der Waals surface area contributed by atoms with E-state index >= 15 is 0 Å². The summed E-state index contributed by atoms with van der Waals surface area (Å²) in [6.45, 7) is 6.44. The zero-order valence-corrected chi connectivity index (χ0v) is 20.3. The molecular weight excluding hydrogens is 441 g/mol. The molecule has 0 aromatic heterocycles. The first-order valence-corrected chi connectivity index (χ1v) is 11.7. The highest BCUT2D eigenvalue weighted by atomic mass is 19.1. The second-order valence-electron chi connectivity index (χ2n) is 9.45. The van der Waals surface area contributed by atoms with Crippen molar-refractivity contribution in [2.24, 2.45) is 5.92 Å². The quantitative estimate of drug-likeness (QED) is 0.621. The van der Waals surface area contributed by atoms with E-state index in [1.807, 2.05) is 0 Å². The van der Waals surface area contributed by atoms with Crippen molar-refractivity contribution in [2.45, 2.75) is 58.8 Å². The lowest BCUT2D eigenvalue weighted by Crippen LogP contribution is -2.76. The standard InChI is InChI=1S/C24H34FN5O4/c1-16(2)11-12-28-14-21-29(20(23(28)33)10-5-17(3)31)22(32)15-27(4)30(21)24(34)26-13-18-6-8-19(25)9-7-18/h6-9,16,20-21H,5,10-15H2,1-4H3,(H,26,34)/t20-,21-/m0/s1. The highest BCUT2D eigenvalue weighted by Gasteiger charge is 2.50. The summed E-state index contributed by atoms with van der Waals surface area (Å²) in [5.41, 5.74) is 0.735. The van der Waals surface area contributed by atoms with E-state index in [1.165, 1.54) is 29.0 Å². The number of halogens is 1. The molecule has 3 rings (SSSR count). The lowest BCUT2D eigenvalue weighted by molar-refractivity contribution is -0.187. The number of nitrogens with zero attached hydrogens (tertiary/aromatic N) is 4. The van der Waals surface area contributed by atoms with Gasteiger partial charge in [-0.3, -0.25) is 9.59 Å². The second-order valence-corrected chi connectivity index (χ2v) is 9.45. The molecule has 10 heteroatoms. The average molecular weight is 476 g/mol. The smallest absolute Gasteiger partial charge is 0.334 e. The third-order valence-corrected chi connectivity index (χ3v) is 6.25. The Labute approximate surface area is 199 Å². The summed E-state index contributed by atoms with van der Waals surface area (Å²) in [6, 6.07) is 4.63. The number of hydrogen-bond acceptors (Lipinski definition) is 5. The van der Waals surface area contributed by atoms with Crippen molar-refractivity contribution in [1.82, 2.24) is 25.1 Å².